The standard InChI is InChI=1S/C20H32FNO4/c1-6-7-10-25-18-9-8-15(11-16(18)21)12-17(14(2)13-23)22-19(24)26-20(3,4)5/h8-9,11,14,17,23H,6-7,10,12-13H2,1-5H3,(H,22,24)/t14-,17+/m1/s1. The Morgan fingerprint density at radius 1 is 1.35 bits per heavy atom. The molecule has 0 heterocycles. The van der Waals surface area contributed by atoms with E-state index in [0.717, 1.165) is 12.8 Å². The van der Waals surface area contributed by atoms with Crippen LogP contribution in [0.15, 0.2) is 18.2 Å². The van der Waals surface area contributed by atoms with Crippen LogP contribution >= 0.6 is 0 Å². The molecule has 0 fully saturated rings. The highest BCUT2D eigenvalue weighted by Crippen LogP contribution is 2.21. The van der Waals surface area contributed by atoms with Gasteiger partial charge in [-0.1, -0.05) is 26.3 Å². The highest BCUT2D eigenvalue weighted by atomic mass is 19.1. The van der Waals surface area contributed by atoms with Crippen LogP contribution in [0.3, 0.4) is 0 Å². The van der Waals surface area contributed by atoms with Crippen molar-refractivity contribution in [3.63, 3.8) is 0 Å². The van der Waals surface area contributed by atoms with Crippen LogP contribution in [0.4, 0.5) is 9.18 Å². The molecule has 1 aromatic rings. The molecule has 1 aromatic carbocycles. The Bertz CT molecular complexity index is 571. The maximum atomic E-state index is 14.2. The number of aliphatic hydroxyl groups is 1. The monoisotopic (exact) mass is 369 g/mol. The summed E-state index contributed by atoms with van der Waals surface area (Å²) in [7, 11) is 0. The molecule has 0 radical (unpaired) electrons. The number of halogens is 1. The second-order valence-electron chi connectivity index (χ2n) is 7.58. The molecule has 0 aliphatic heterocycles. The molecule has 0 unspecified atom stereocenters. The number of ether oxygens (including phenoxy) is 2. The van der Waals surface area contributed by atoms with Gasteiger partial charge in [-0.2, -0.15) is 0 Å². The van der Waals surface area contributed by atoms with Gasteiger partial charge >= 0.3 is 6.09 Å². The molecule has 2 N–H and O–H groups in total. The van der Waals surface area contributed by atoms with Crippen LogP contribution in [-0.2, 0) is 11.2 Å². The minimum Gasteiger partial charge on any atom is -0.491 e. The van der Waals surface area contributed by atoms with Crippen molar-refractivity contribution in [1.82, 2.24) is 5.32 Å². The van der Waals surface area contributed by atoms with E-state index < -0.39 is 17.5 Å². The molecule has 0 aliphatic carbocycles. The zero-order valence-corrected chi connectivity index (χ0v) is 16.5. The van der Waals surface area contributed by atoms with Crippen molar-refractivity contribution in [2.45, 2.75) is 65.5 Å². The van der Waals surface area contributed by atoms with Gasteiger partial charge < -0.3 is 19.9 Å². The Labute approximate surface area is 155 Å². The SMILES string of the molecule is CCCCOc1ccc(C[C@H](NC(=O)OC(C)(C)C)[C@H](C)CO)cc1F. The average molecular weight is 369 g/mol. The summed E-state index contributed by atoms with van der Waals surface area (Å²) in [6.45, 7) is 9.60. The van der Waals surface area contributed by atoms with Crippen molar-refractivity contribution in [1.29, 1.82) is 0 Å². The number of unbranched alkanes of at least 4 members (excludes halogenated alkanes) is 1. The molecule has 0 bridgehead atoms. The van der Waals surface area contributed by atoms with Crippen LogP contribution in [0.5, 0.6) is 5.75 Å². The molecule has 0 aliphatic rings. The lowest BCUT2D eigenvalue weighted by atomic mass is 9.95. The normalized spacial score (nSPS) is 13.8. The molecule has 26 heavy (non-hydrogen) atoms. The van der Waals surface area contributed by atoms with Crippen molar-refractivity contribution in [2.24, 2.45) is 5.92 Å². The van der Waals surface area contributed by atoms with Crippen molar-refractivity contribution < 1.29 is 23.8 Å². The van der Waals surface area contributed by atoms with E-state index in [0.29, 0.717) is 18.6 Å². The van der Waals surface area contributed by atoms with Gasteiger partial charge in [0.15, 0.2) is 11.6 Å². The number of benzene rings is 1. The maximum absolute atomic E-state index is 14.2. The highest BCUT2D eigenvalue weighted by molar-refractivity contribution is 5.68. The van der Waals surface area contributed by atoms with E-state index in [1.54, 1.807) is 32.9 Å². The predicted molar refractivity (Wildman–Crippen MR) is 99.9 cm³/mol. The topological polar surface area (TPSA) is 67.8 Å². The summed E-state index contributed by atoms with van der Waals surface area (Å²) in [4.78, 5) is 12.0. The Morgan fingerprint density at radius 3 is 2.58 bits per heavy atom. The highest BCUT2D eigenvalue weighted by Gasteiger charge is 2.23. The Balaban J connectivity index is 2.78. The summed E-state index contributed by atoms with van der Waals surface area (Å²) < 4.78 is 24.9. The number of alkyl carbamates (subject to hydrolysis) is 1. The lowest BCUT2D eigenvalue weighted by Crippen LogP contribution is -2.44. The first-order valence-corrected chi connectivity index (χ1v) is 9.17. The van der Waals surface area contributed by atoms with E-state index in [1.165, 1.54) is 6.07 Å². The van der Waals surface area contributed by atoms with Gasteiger partial charge in [0.1, 0.15) is 5.60 Å². The summed E-state index contributed by atoms with van der Waals surface area (Å²) in [5, 5.41) is 12.2. The number of carbonyl (C=O) groups is 1. The van der Waals surface area contributed by atoms with Gasteiger partial charge in [0.05, 0.1) is 6.61 Å². The fourth-order valence-corrected chi connectivity index (χ4v) is 2.35. The van der Waals surface area contributed by atoms with Crippen molar-refractivity contribution in [3.8, 4) is 5.75 Å². The number of aliphatic hydroxyl groups excluding tert-OH is 1. The van der Waals surface area contributed by atoms with Crippen LogP contribution < -0.4 is 10.1 Å². The molecule has 0 spiro atoms. The van der Waals surface area contributed by atoms with Crippen LogP contribution in [0.1, 0.15) is 53.0 Å². The van der Waals surface area contributed by atoms with E-state index in [4.69, 9.17) is 9.47 Å². The van der Waals surface area contributed by atoms with E-state index in [-0.39, 0.29) is 24.3 Å². The fraction of sp³-hybridized carbons (Fsp3) is 0.650. The minimum absolute atomic E-state index is 0.0961. The lowest BCUT2D eigenvalue weighted by molar-refractivity contribution is 0.0475. The van der Waals surface area contributed by atoms with Crippen LogP contribution in [0, 0.1) is 11.7 Å². The second-order valence-corrected chi connectivity index (χ2v) is 7.58. The van der Waals surface area contributed by atoms with Gasteiger partial charge in [0, 0.05) is 12.6 Å². The van der Waals surface area contributed by atoms with Gasteiger partial charge in [-0.3, -0.25) is 0 Å². The third kappa shape index (κ3) is 8.04. The molecule has 1 rings (SSSR count). The first-order valence-electron chi connectivity index (χ1n) is 9.17. The zero-order chi connectivity index (χ0) is 19.7. The van der Waals surface area contributed by atoms with Crippen LogP contribution in [-0.4, -0.2) is 36.1 Å². The fourth-order valence-electron chi connectivity index (χ4n) is 2.35. The van der Waals surface area contributed by atoms with E-state index >= 15 is 0 Å². The van der Waals surface area contributed by atoms with E-state index in [1.807, 2.05) is 13.8 Å². The number of nitrogens with one attached hydrogen (secondary N) is 1. The second kappa shape index (κ2) is 10.4. The van der Waals surface area contributed by atoms with Gasteiger partial charge in [-0.15, -0.1) is 0 Å². The summed E-state index contributed by atoms with van der Waals surface area (Å²) in [6.07, 6.45) is 1.68. The number of carbonyl (C=O) groups excluding carboxylic acids is 1. The molecular formula is C20H32FNO4. The Morgan fingerprint density at radius 2 is 2.04 bits per heavy atom. The smallest absolute Gasteiger partial charge is 0.407 e. The summed E-state index contributed by atoms with van der Waals surface area (Å²) in [5.74, 6) is -0.397. The number of amides is 1. The van der Waals surface area contributed by atoms with Gasteiger partial charge in [0.25, 0.3) is 0 Å². The number of hydrogen-bond acceptors (Lipinski definition) is 4. The lowest BCUT2D eigenvalue weighted by Gasteiger charge is -2.26. The number of rotatable bonds is 9. The predicted octanol–water partition coefficient (Wildman–Crippen LogP) is 4.07. The first kappa shape index (κ1) is 22.2. The summed E-state index contributed by atoms with van der Waals surface area (Å²) >= 11 is 0. The summed E-state index contributed by atoms with van der Waals surface area (Å²) in [6, 6.07) is 4.42. The molecule has 0 saturated heterocycles. The maximum Gasteiger partial charge on any atom is 0.407 e. The van der Waals surface area contributed by atoms with Crippen LogP contribution in [0.25, 0.3) is 0 Å². The molecule has 2 atom stereocenters. The number of hydrogen-bond donors (Lipinski definition) is 2. The molecule has 0 saturated carbocycles. The quantitative estimate of drug-likeness (QED) is 0.644. The minimum atomic E-state index is -0.610. The van der Waals surface area contributed by atoms with Crippen molar-refractivity contribution in [2.75, 3.05) is 13.2 Å². The van der Waals surface area contributed by atoms with Crippen LogP contribution in [0.2, 0.25) is 0 Å². The third-order valence-electron chi connectivity index (χ3n) is 3.88. The van der Waals surface area contributed by atoms with Gasteiger partial charge in [-0.25, -0.2) is 9.18 Å². The first-order chi connectivity index (χ1) is 12.2. The van der Waals surface area contributed by atoms with E-state index in [2.05, 4.69) is 5.32 Å². The third-order valence-corrected chi connectivity index (χ3v) is 3.88. The molecule has 148 valence electrons. The molecular weight excluding hydrogens is 337 g/mol. The average Bonchev–Trinajstić information content (AvgIpc) is 2.54. The molecule has 6 heteroatoms. The largest absolute Gasteiger partial charge is 0.491 e. The Hall–Kier alpha value is -1.82. The van der Waals surface area contributed by atoms with Gasteiger partial charge in [0.2, 0.25) is 0 Å². The molecule has 0 aromatic heterocycles. The van der Waals surface area contributed by atoms with Crippen molar-refractivity contribution >= 4 is 6.09 Å². The zero-order valence-electron chi connectivity index (χ0n) is 16.5. The Kier molecular flexibility index (Phi) is 8.85. The van der Waals surface area contributed by atoms with Crippen molar-refractivity contribution in [3.05, 3.63) is 29.6 Å². The molecule has 1 amide bonds. The summed E-state index contributed by atoms with van der Waals surface area (Å²) in [5.41, 5.74) is 0.104. The van der Waals surface area contributed by atoms with Gasteiger partial charge in [-0.05, 0) is 57.2 Å². The molecule has 5 nitrogen and oxygen atoms in total. The van der Waals surface area contributed by atoms with E-state index in [9.17, 15) is 14.3 Å².